The van der Waals surface area contributed by atoms with Crippen molar-refractivity contribution < 1.29 is 9.47 Å². The average molecular weight is 302 g/mol. The van der Waals surface area contributed by atoms with Gasteiger partial charge < -0.3 is 20.9 Å². The Kier molecular flexibility index (Phi) is 4.30. The first-order valence-corrected chi connectivity index (χ1v) is 6.82. The lowest BCUT2D eigenvalue weighted by atomic mass is 10.2. The van der Waals surface area contributed by atoms with Crippen molar-refractivity contribution in [2.75, 3.05) is 14.2 Å². The van der Waals surface area contributed by atoms with Crippen molar-refractivity contribution in [2.45, 2.75) is 0 Å². The van der Waals surface area contributed by atoms with Crippen LogP contribution in [0.4, 0.5) is 0 Å². The number of nitrogens with zero attached hydrogens (tertiary/aromatic N) is 2. The third-order valence-corrected chi connectivity index (χ3v) is 3.71. The summed E-state index contributed by atoms with van der Waals surface area (Å²) < 4.78 is 10.5. The normalized spacial score (nSPS) is 11.5. The fraction of sp³-hybridized carbons (Fsp3) is 0.143. The maximum atomic E-state index is 8.75. The Morgan fingerprint density at radius 2 is 1.95 bits per heavy atom. The fourth-order valence-electron chi connectivity index (χ4n) is 1.70. The van der Waals surface area contributed by atoms with Crippen molar-refractivity contribution >= 4 is 17.0 Å². The van der Waals surface area contributed by atoms with Gasteiger partial charge in [0, 0.05) is 10.9 Å². The van der Waals surface area contributed by atoms with Gasteiger partial charge in [0.1, 0.15) is 22.5 Å². The first kappa shape index (κ1) is 14.7. The van der Waals surface area contributed by atoms with E-state index in [-0.39, 0.29) is 11.4 Å². The number of benzene rings is 1. The van der Waals surface area contributed by atoms with Crippen LogP contribution in [0.3, 0.4) is 0 Å². The smallest absolute Gasteiger partial charge is 0.161 e. The Bertz CT molecular complexity index is 731. The number of thiazole rings is 1. The summed E-state index contributed by atoms with van der Waals surface area (Å²) in [5, 5.41) is 11.3. The molecule has 0 bridgehead atoms. The summed E-state index contributed by atoms with van der Waals surface area (Å²) in [6.45, 7) is 0. The standard InChI is InChI=1S/C14H14N4O2S/c1-19-11-4-3-8(5-12(11)20-2)14-18-10(7-21-14)13(17)9(16)6-15/h3-5,7H,16-17H2,1-2H3/b13-9-. The third kappa shape index (κ3) is 2.90. The Morgan fingerprint density at radius 3 is 2.57 bits per heavy atom. The highest BCUT2D eigenvalue weighted by Gasteiger charge is 2.12. The van der Waals surface area contributed by atoms with Crippen LogP contribution in [-0.4, -0.2) is 19.2 Å². The Morgan fingerprint density at radius 1 is 1.24 bits per heavy atom. The SMILES string of the molecule is COc1ccc(-c2nc(/C(N)=C(/N)C#N)cs2)cc1OC. The molecule has 0 fully saturated rings. The van der Waals surface area contributed by atoms with E-state index in [1.165, 1.54) is 11.3 Å². The largest absolute Gasteiger partial charge is 0.493 e. The summed E-state index contributed by atoms with van der Waals surface area (Å²) >= 11 is 1.40. The van der Waals surface area contributed by atoms with Crippen LogP contribution in [-0.2, 0) is 0 Å². The van der Waals surface area contributed by atoms with E-state index in [1.54, 1.807) is 31.7 Å². The third-order valence-electron chi connectivity index (χ3n) is 2.82. The molecule has 0 aliphatic carbocycles. The number of allylic oxidation sites excluding steroid dienone is 1. The summed E-state index contributed by atoms with van der Waals surface area (Å²) in [6, 6.07) is 7.31. The van der Waals surface area contributed by atoms with Gasteiger partial charge in [0.15, 0.2) is 11.5 Å². The number of ether oxygens (including phenoxy) is 2. The molecular weight excluding hydrogens is 288 g/mol. The van der Waals surface area contributed by atoms with Crippen molar-refractivity contribution in [3.8, 4) is 28.1 Å². The van der Waals surface area contributed by atoms with Gasteiger partial charge >= 0.3 is 0 Å². The highest BCUT2D eigenvalue weighted by molar-refractivity contribution is 7.13. The van der Waals surface area contributed by atoms with Gasteiger partial charge in [-0.15, -0.1) is 11.3 Å². The van der Waals surface area contributed by atoms with Crippen molar-refractivity contribution in [3.05, 3.63) is 35.0 Å². The summed E-state index contributed by atoms with van der Waals surface area (Å²) in [4.78, 5) is 4.39. The van der Waals surface area contributed by atoms with Crippen LogP contribution < -0.4 is 20.9 Å². The summed E-state index contributed by atoms with van der Waals surface area (Å²) in [5.74, 6) is 1.26. The zero-order valence-corrected chi connectivity index (χ0v) is 12.4. The Hall–Kier alpha value is -2.72. The molecule has 0 aliphatic heterocycles. The topological polar surface area (TPSA) is 107 Å². The van der Waals surface area contributed by atoms with Gasteiger partial charge in [0.2, 0.25) is 0 Å². The second kappa shape index (κ2) is 6.15. The van der Waals surface area contributed by atoms with Crippen LogP contribution in [0.1, 0.15) is 5.69 Å². The lowest BCUT2D eigenvalue weighted by molar-refractivity contribution is 0.355. The van der Waals surface area contributed by atoms with Gasteiger partial charge in [0.25, 0.3) is 0 Å². The molecule has 0 unspecified atom stereocenters. The first-order valence-electron chi connectivity index (χ1n) is 5.94. The number of hydrogen-bond donors (Lipinski definition) is 2. The second-order valence-corrected chi connectivity index (χ2v) is 4.90. The van der Waals surface area contributed by atoms with E-state index in [4.69, 9.17) is 26.2 Å². The van der Waals surface area contributed by atoms with Crippen molar-refractivity contribution in [3.63, 3.8) is 0 Å². The van der Waals surface area contributed by atoms with E-state index in [0.717, 1.165) is 10.6 Å². The quantitative estimate of drug-likeness (QED) is 0.836. The molecule has 1 heterocycles. The monoisotopic (exact) mass is 302 g/mol. The van der Waals surface area contributed by atoms with E-state index in [2.05, 4.69) is 4.98 Å². The molecule has 21 heavy (non-hydrogen) atoms. The number of rotatable bonds is 4. The maximum Gasteiger partial charge on any atom is 0.161 e. The number of methoxy groups -OCH3 is 2. The van der Waals surface area contributed by atoms with Crippen molar-refractivity contribution in [1.82, 2.24) is 4.98 Å². The van der Waals surface area contributed by atoms with Gasteiger partial charge in [-0.1, -0.05) is 0 Å². The summed E-state index contributed by atoms with van der Waals surface area (Å²) in [5.41, 5.74) is 12.8. The molecule has 108 valence electrons. The van der Waals surface area contributed by atoms with E-state index in [1.807, 2.05) is 12.1 Å². The van der Waals surface area contributed by atoms with Gasteiger partial charge in [-0.2, -0.15) is 5.26 Å². The fourth-order valence-corrected chi connectivity index (χ4v) is 2.51. The molecule has 0 atom stereocenters. The second-order valence-electron chi connectivity index (χ2n) is 4.05. The van der Waals surface area contributed by atoms with Gasteiger partial charge in [-0.3, -0.25) is 0 Å². The molecule has 0 spiro atoms. The number of aromatic nitrogens is 1. The Labute approximate surface area is 126 Å². The zero-order valence-electron chi connectivity index (χ0n) is 11.6. The molecule has 7 heteroatoms. The van der Waals surface area contributed by atoms with E-state index < -0.39 is 0 Å². The summed E-state index contributed by atoms with van der Waals surface area (Å²) in [7, 11) is 3.15. The molecule has 6 nitrogen and oxygen atoms in total. The molecule has 0 saturated carbocycles. The minimum atomic E-state index is -0.0424. The van der Waals surface area contributed by atoms with E-state index in [9.17, 15) is 0 Å². The molecule has 4 N–H and O–H groups in total. The number of hydrogen-bond acceptors (Lipinski definition) is 7. The molecule has 0 amide bonds. The van der Waals surface area contributed by atoms with Crippen LogP contribution in [0.15, 0.2) is 29.3 Å². The molecular formula is C14H14N4O2S. The van der Waals surface area contributed by atoms with E-state index in [0.29, 0.717) is 17.2 Å². The van der Waals surface area contributed by atoms with E-state index >= 15 is 0 Å². The first-order chi connectivity index (χ1) is 10.1. The minimum Gasteiger partial charge on any atom is -0.493 e. The predicted molar refractivity (Wildman–Crippen MR) is 81.6 cm³/mol. The van der Waals surface area contributed by atoms with Crippen molar-refractivity contribution in [1.29, 1.82) is 5.26 Å². The van der Waals surface area contributed by atoms with Gasteiger partial charge in [0.05, 0.1) is 19.9 Å². The average Bonchev–Trinajstić information content (AvgIpc) is 3.02. The van der Waals surface area contributed by atoms with Crippen LogP contribution in [0.2, 0.25) is 0 Å². The maximum absolute atomic E-state index is 8.75. The summed E-state index contributed by atoms with van der Waals surface area (Å²) in [6.07, 6.45) is 0. The molecule has 0 radical (unpaired) electrons. The van der Waals surface area contributed by atoms with Crippen LogP contribution >= 0.6 is 11.3 Å². The van der Waals surface area contributed by atoms with Crippen LogP contribution in [0.5, 0.6) is 11.5 Å². The highest BCUT2D eigenvalue weighted by Crippen LogP contribution is 2.34. The lowest BCUT2D eigenvalue weighted by Crippen LogP contribution is -2.07. The minimum absolute atomic E-state index is 0.0424. The highest BCUT2D eigenvalue weighted by atomic mass is 32.1. The molecule has 0 saturated heterocycles. The Balaban J connectivity index is 2.41. The van der Waals surface area contributed by atoms with Gasteiger partial charge in [-0.05, 0) is 18.2 Å². The number of nitrogens with two attached hydrogens (primary N) is 2. The van der Waals surface area contributed by atoms with Crippen LogP contribution in [0, 0.1) is 11.3 Å². The molecule has 1 aromatic heterocycles. The molecule has 1 aromatic carbocycles. The zero-order chi connectivity index (χ0) is 15.4. The van der Waals surface area contributed by atoms with Crippen LogP contribution in [0.25, 0.3) is 16.3 Å². The van der Waals surface area contributed by atoms with Gasteiger partial charge in [-0.25, -0.2) is 4.98 Å². The molecule has 2 aromatic rings. The molecule has 2 rings (SSSR count). The molecule has 0 aliphatic rings. The van der Waals surface area contributed by atoms with Crippen molar-refractivity contribution in [2.24, 2.45) is 11.5 Å². The number of nitriles is 1. The predicted octanol–water partition coefficient (Wildman–Crippen LogP) is 1.94. The lowest BCUT2D eigenvalue weighted by Gasteiger charge is -2.08.